The fourth-order valence-electron chi connectivity index (χ4n) is 1.41. The van der Waals surface area contributed by atoms with Crippen molar-refractivity contribution in [1.29, 1.82) is 0 Å². The molecule has 0 saturated carbocycles. The number of aliphatic hydroxyl groups is 1. The van der Waals surface area contributed by atoms with Crippen LogP contribution in [0, 0.1) is 5.82 Å². The summed E-state index contributed by atoms with van der Waals surface area (Å²) in [5.41, 5.74) is -1.18. The summed E-state index contributed by atoms with van der Waals surface area (Å²) in [5, 5.41) is 9.64. The summed E-state index contributed by atoms with van der Waals surface area (Å²) in [4.78, 5) is -0.427. The Morgan fingerprint density at radius 1 is 1.41 bits per heavy atom. The van der Waals surface area contributed by atoms with Gasteiger partial charge < -0.3 is 9.84 Å². The van der Waals surface area contributed by atoms with Gasteiger partial charge >= 0.3 is 0 Å². The first-order valence-electron chi connectivity index (χ1n) is 4.97. The molecule has 0 radical (unpaired) electrons. The molecule has 1 aliphatic heterocycles. The molecule has 0 unspecified atom stereocenters. The maximum atomic E-state index is 13.3. The molecule has 0 bridgehead atoms. The summed E-state index contributed by atoms with van der Waals surface area (Å²) >= 11 is 0. The highest BCUT2D eigenvalue weighted by Gasteiger charge is 2.37. The highest BCUT2D eigenvalue weighted by Crippen LogP contribution is 2.17. The lowest BCUT2D eigenvalue weighted by Gasteiger charge is -2.36. The van der Waals surface area contributed by atoms with Gasteiger partial charge in [0.2, 0.25) is 10.0 Å². The molecule has 2 rings (SSSR count). The Balaban J connectivity index is 2.12. The van der Waals surface area contributed by atoms with Crippen molar-refractivity contribution >= 4 is 10.0 Å². The van der Waals surface area contributed by atoms with E-state index < -0.39 is 26.3 Å². The molecule has 0 atom stereocenters. The second-order valence-corrected chi connectivity index (χ2v) is 5.71. The Morgan fingerprint density at radius 3 is 2.59 bits per heavy atom. The SMILES string of the molecule is O=S(=O)(NCC1(O)COC1)c1ccccc1F. The third-order valence-corrected chi connectivity index (χ3v) is 3.89. The number of hydrogen-bond acceptors (Lipinski definition) is 4. The zero-order valence-electron chi connectivity index (χ0n) is 8.89. The van der Waals surface area contributed by atoms with Crippen molar-refractivity contribution in [3.8, 4) is 0 Å². The maximum absolute atomic E-state index is 13.3. The zero-order chi connectivity index (χ0) is 12.5. The van der Waals surface area contributed by atoms with Crippen LogP contribution in [-0.4, -0.2) is 38.9 Å². The van der Waals surface area contributed by atoms with Crippen molar-refractivity contribution in [1.82, 2.24) is 4.72 Å². The molecular weight excluding hydrogens is 249 g/mol. The minimum Gasteiger partial charge on any atom is -0.384 e. The zero-order valence-corrected chi connectivity index (χ0v) is 9.71. The van der Waals surface area contributed by atoms with Crippen LogP contribution in [0.4, 0.5) is 4.39 Å². The van der Waals surface area contributed by atoms with Gasteiger partial charge in [0.05, 0.1) is 13.2 Å². The van der Waals surface area contributed by atoms with Gasteiger partial charge in [0, 0.05) is 6.54 Å². The van der Waals surface area contributed by atoms with Gasteiger partial charge in [-0.1, -0.05) is 12.1 Å². The van der Waals surface area contributed by atoms with E-state index in [-0.39, 0.29) is 19.8 Å². The van der Waals surface area contributed by atoms with Crippen LogP contribution in [0.1, 0.15) is 0 Å². The smallest absolute Gasteiger partial charge is 0.243 e. The Morgan fingerprint density at radius 2 is 2.06 bits per heavy atom. The second-order valence-electron chi connectivity index (χ2n) is 3.97. The first kappa shape index (κ1) is 12.4. The van der Waals surface area contributed by atoms with E-state index in [0.29, 0.717) is 0 Å². The third-order valence-electron chi connectivity index (χ3n) is 2.46. The number of halogens is 1. The van der Waals surface area contributed by atoms with E-state index >= 15 is 0 Å². The first-order valence-corrected chi connectivity index (χ1v) is 6.46. The molecule has 17 heavy (non-hydrogen) atoms. The highest BCUT2D eigenvalue weighted by molar-refractivity contribution is 7.89. The molecule has 1 fully saturated rings. The van der Waals surface area contributed by atoms with E-state index in [2.05, 4.69) is 4.72 Å². The fourth-order valence-corrected chi connectivity index (χ4v) is 2.61. The highest BCUT2D eigenvalue weighted by atomic mass is 32.2. The Labute approximate surface area is 98.3 Å². The van der Waals surface area contributed by atoms with Gasteiger partial charge in [-0.15, -0.1) is 0 Å². The van der Waals surface area contributed by atoms with Crippen molar-refractivity contribution in [3.05, 3.63) is 30.1 Å². The van der Waals surface area contributed by atoms with Gasteiger partial charge in [-0.25, -0.2) is 17.5 Å². The van der Waals surface area contributed by atoms with Crippen LogP contribution in [0.3, 0.4) is 0 Å². The lowest BCUT2D eigenvalue weighted by molar-refractivity contribution is -0.172. The average molecular weight is 261 g/mol. The lowest BCUT2D eigenvalue weighted by atomic mass is 10.0. The second kappa shape index (κ2) is 4.34. The topological polar surface area (TPSA) is 75.6 Å². The molecular formula is C10H12FNO4S. The van der Waals surface area contributed by atoms with Crippen LogP contribution in [0.15, 0.2) is 29.2 Å². The molecule has 7 heteroatoms. The van der Waals surface area contributed by atoms with Crippen molar-refractivity contribution < 1.29 is 22.7 Å². The van der Waals surface area contributed by atoms with E-state index in [1.54, 1.807) is 0 Å². The Hall–Kier alpha value is -1.02. The van der Waals surface area contributed by atoms with Gasteiger partial charge in [-0.2, -0.15) is 0 Å². The number of hydrogen-bond donors (Lipinski definition) is 2. The van der Waals surface area contributed by atoms with Crippen molar-refractivity contribution in [2.45, 2.75) is 10.5 Å². The minimum atomic E-state index is -3.94. The standard InChI is InChI=1S/C10H12FNO4S/c11-8-3-1-2-4-9(8)17(14,15)12-5-10(13)6-16-7-10/h1-4,12-13H,5-7H2. The largest absolute Gasteiger partial charge is 0.384 e. The molecule has 0 amide bonds. The molecule has 2 N–H and O–H groups in total. The summed E-state index contributed by atoms with van der Waals surface area (Å²) < 4.78 is 43.7. The average Bonchev–Trinajstić information content (AvgIpc) is 2.24. The molecule has 94 valence electrons. The minimum absolute atomic E-state index is 0.0762. The number of ether oxygens (including phenoxy) is 1. The summed E-state index contributed by atoms with van der Waals surface area (Å²) in [7, 11) is -3.94. The summed E-state index contributed by atoms with van der Waals surface area (Å²) in [5.74, 6) is -0.822. The predicted molar refractivity (Wildman–Crippen MR) is 57.4 cm³/mol. The van der Waals surface area contributed by atoms with E-state index in [9.17, 15) is 17.9 Å². The van der Waals surface area contributed by atoms with Crippen LogP contribution in [0.5, 0.6) is 0 Å². The van der Waals surface area contributed by atoms with E-state index in [0.717, 1.165) is 6.07 Å². The molecule has 0 aromatic heterocycles. The molecule has 1 aromatic carbocycles. The number of rotatable bonds is 4. The van der Waals surface area contributed by atoms with Crippen LogP contribution < -0.4 is 4.72 Å². The summed E-state index contributed by atoms with van der Waals surface area (Å²) in [6.07, 6.45) is 0. The van der Waals surface area contributed by atoms with Crippen LogP contribution in [-0.2, 0) is 14.8 Å². The van der Waals surface area contributed by atoms with Crippen molar-refractivity contribution in [3.63, 3.8) is 0 Å². The first-order chi connectivity index (χ1) is 7.93. The summed E-state index contributed by atoms with van der Waals surface area (Å²) in [6.45, 7) is -0.0384. The predicted octanol–water partition coefficient (Wildman–Crippen LogP) is -0.135. The van der Waals surface area contributed by atoms with Gasteiger partial charge in [-0.05, 0) is 12.1 Å². The third kappa shape index (κ3) is 2.63. The molecule has 5 nitrogen and oxygen atoms in total. The number of nitrogens with one attached hydrogen (secondary N) is 1. The van der Waals surface area contributed by atoms with E-state index in [4.69, 9.17) is 4.74 Å². The monoisotopic (exact) mass is 261 g/mol. The van der Waals surface area contributed by atoms with E-state index in [1.165, 1.54) is 18.2 Å². The molecule has 0 aliphatic carbocycles. The number of benzene rings is 1. The number of sulfonamides is 1. The van der Waals surface area contributed by atoms with Crippen LogP contribution >= 0.6 is 0 Å². The van der Waals surface area contributed by atoms with Gasteiger partial charge in [0.1, 0.15) is 16.3 Å². The normalized spacial score (nSPS) is 18.7. The Kier molecular flexibility index (Phi) is 3.17. The van der Waals surface area contributed by atoms with Gasteiger partial charge in [-0.3, -0.25) is 0 Å². The maximum Gasteiger partial charge on any atom is 0.243 e. The molecule has 1 heterocycles. The molecule has 1 saturated heterocycles. The molecule has 1 aromatic rings. The quantitative estimate of drug-likeness (QED) is 0.791. The van der Waals surface area contributed by atoms with Crippen LogP contribution in [0.2, 0.25) is 0 Å². The van der Waals surface area contributed by atoms with Gasteiger partial charge in [0.15, 0.2) is 0 Å². The van der Waals surface area contributed by atoms with Crippen LogP contribution in [0.25, 0.3) is 0 Å². The van der Waals surface area contributed by atoms with Crippen molar-refractivity contribution in [2.24, 2.45) is 0 Å². The fraction of sp³-hybridized carbons (Fsp3) is 0.400. The molecule has 1 aliphatic rings. The van der Waals surface area contributed by atoms with E-state index in [1.807, 2.05) is 0 Å². The van der Waals surface area contributed by atoms with Crippen molar-refractivity contribution in [2.75, 3.05) is 19.8 Å². The Bertz CT molecular complexity index is 513. The molecule has 0 spiro atoms. The van der Waals surface area contributed by atoms with Gasteiger partial charge in [0.25, 0.3) is 0 Å². The lowest BCUT2D eigenvalue weighted by Crippen LogP contribution is -2.56. The summed E-state index contributed by atoms with van der Waals surface area (Å²) in [6, 6.07) is 5.06.